The van der Waals surface area contributed by atoms with Crippen molar-refractivity contribution >= 4 is 5.97 Å². The average molecular weight is 147 g/mol. The highest BCUT2D eigenvalue weighted by atomic mass is 16.4. The maximum Gasteiger partial charge on any atom is 0.322 e. The summed E-state index contributed by atoms with van der Waals surface area (Å²) in [6, 6.07) is -0.745. The van der Waals surface area contributed by atoms with Crippen LogP contribution >= 0.6 is 0 Å². The number of carboxylic acids is 1. The number of hydrazine groups is 1. The Balaban J connectivity index is 3.92. The molecule has 0 rings (SSSR count). The summed E-state index contributed by atoms with van der Waals surface area (Å²) in [5.74, 6) is 3.84. The third-order valence-electron chi connectivity index (χ3n) is 1.39. The summed E-state index contributed by atoms with van der Waals surface area (Å²) in [5, 5.41) is 8.48. The fourth-order valence-electron chi connectivity index (χ4n) is 0.615. The topological polar surface area (TPSA) is 101 Å². The standard InChI is InChI=1S/C5H13N3O2/c1-3(2-6)4(8-7)5(9)10/h3-4,8H,2,6-7H2,1H3,(H,9,10). The van der Waals surface area contributed by atoms with E-state index in [1.165, 1.54) is 0 Å². The zero-order chi connectivity index (χ0) is 8.15. The largest absolute Gasteiger partial charge is 0.480 e. The normalized spacial score (nSPS) is 16.3. The lowest BCUT2D eigenvalue weighted by Gasteiger charge is -2.16. The summed E-state index contributed by atoms with van der Waals surface area (Å²) in [5.41, 5.74) is 7.40. The van der Waals surface area contributed by atoms with Crippen LogP contribution in [0.15, 0.2) is 0 Å². The molecule has 0 fully saturated rings. The number of carboxylic acid groups (broad SMARTS) is 1. The predicted molar refractivity (Wildman–Crippen MR) is 37.0 cm³/mol. The second kappa shape index (κ2) is 4.21. The maximum absolute atomic E-state index is 10.3. The van der Waals surface area contributed by atoms with Crippen molar-refractivity contribution in [2.75, 3.05) is 6.54 Å². The molecule has 6 N–H and O–H groups in total. The van der Waals surface area contributed by atoms with Crippen molar-refractivity contribution < 1.29 is 9.90 Å². The van der Waals surface area contributed by atoms with Crippen LogP contribution in [0.25, 0.3) is 0 Å². The first-order chi connectivity index (χ1) is 4.63. The van der Waals surface area contributed by atoms with Crippen molar-refractivity contribution in [2.45, 2.75) is 13.0 Å². The van der Waals surface area contributed by atoms with E-state index in [1.54, 1.807) is 6.92 Å². The highest BCUT2D eigenvalue weighted by Crippen LogP contribution is 1.98. The van der Waals surface area contributed by atoms with Gasteiger partial charge >= 0.3 is 5.97 Å². The van der Waals surface area contributed by atoms with Crippen molar-refractivity contribution in [3.63, 3.8) is 0 Å². The van der Waals surface area contributed by atoms with E-state index in [1.807, 2.05) is 0 Å². The molecule has 0 aromatic rings. The Morgan fingerprint density at radius 1 is 1.80 bits per heavy atom. The van der Waals surface area contributed by atoms with Gasteiger partial charge in [0.1, 0.15) is 6.04 Å². The second-order valence-electron chi connectivity index (χ2n) is 2.20. The zero-order valence-electron chi connectivity index (χ0n) is 5.87. The van der Waals surface area contributed by atoms with Crippen LogP contribution in [0, 0.1) is 5.92 Å². The molecule has 10 heavy (non-hydrogen) atoms. The monoisotopic (exact) mass is 147 g/mol. The van der Waals surface area contributed by atoms with E-state index in [0.717, 1.165) is 0 Å². The first-order valence-corrected chi connectivity index (χ1v) is 3.02. The van der Waals surface area contributed by atoms with Crippen LogP contribution in [0.4, 0.5) is 0 Å². The smallest absolute Gasteiger partial charge is 0.322 e. The fourth-order valence-corrected chi connectivity index (χ4v) is 0.615. The van der Waals surface area contributed by atoms with Crippen molar-refractivity contribution in [1.82, 2.24) is 5.43 Å². The minimum atomic E-state index is -0.972. The van der Waals surface area contributed by atoms with Crippen molar-refractivity contribution in [3.05, 3.63) is 0 Å². The van der Waals surface area contributed by atoms with Gasteiger partial charge in [-0.05, 0) is 12.5 Å². The van der Waals surface area contributed by atoms with Gasteiger partial charge in [0.2, 0.25) is 0 Å². The molecule has 0 radical (unpaired) electrons. The second-order valence-corrected chi connectivity index (χ2v) is 2.20. The third kappa shape index (κ3) is 2.30. The molecule has 2 atom stereocenters. The number of nitrogens with two attached hydrogens (primary N) is 2. The molecule has 5 nitrogen and oxygen atoms in total. The molecule has 0 aliphatic heterocycles. The molecule has 0 bridgehead atoms. The van der Waals surface area contributed by atoms with Crippen LogP contribution < -0.4 is 17.0 Å². The van der Waals surface area contributed by atoms with Crippen molar-refractivity contribution in [3.8, 4) is 0 Å². The number of carbonyl (C=O) groups is 1. The maximum atomic E-state index is 10.3. The average Bonchev–Trinajstić information content (AvgIpc) is 1.88. The van der Waals surface area contributed by atoms with Gasteiger partial charge < -0.3 is 10.8 Å². The molecule has 0 aliphatic rings. The zero-order valence-corrected chi connectivity index (χ0v) is 5.87. The highest BCUT2D eigenvalue weighted by Gasteiger charge is 2.21. The van der Waals surface area contributed by atoms with E-state index in [0.29, 0.717) is 6.54 Å². The van der Waals surface area contributed by atoms with E-state index < -0.39 is 12.0 Å². The number of hydrogen-bond acceptors (Lipinski definition) is 4. The van der Waals surface area contributed by atoms with E-state index >= 15 is 0 Å². The minimum absolute atomic E-state index is 0.150. The first kappa shape index (κ1) is 9.35. The van der Waals surface area contributed by atoms with Crippen LogP contribution in [-0.4, -0.2) is 23.7 Å². The predicted octanol–water partition coefficient (Wildman–Crippen LogP) is -1.50. The number of aliphatic carboxylic acids is 1. The molecule has 0 amide bonds. The van der Waals surface area contributed by atoms with Gasteiger partial charge in [-0.2, -0.15) is 0 Å². The molecule has 0 aromatic carbocycles. The van der Waals surface area contributed by atoms with Crippen LogP contribution in [0.2, 0.25) is 0 Å². The summed E-state index contributed by atoms with van der Waals surface area (Å²) >= 11 is 0. The van der Waals surface area contributed by atoms with E-state index in [4.69, 9.17) is 16.7 Å². The van der Waals surface area contributed by atoms with Crippen LogP contribution in [0.5, 0.6) is 0 Å². The molecule has 0 saturated carbocycles. The molecule has 5 heteroatoms. The third-order valence-corrected chi connectivity index (χ3v) is 1.39. The Morgan fingerprint density at radius 3 is 2.40 bits per heavy atom. The molecule has 0 saturated heterocycles. The Morgan fingerprint density at radius 2 is 2.30 bits per heavy atom. The Kier molecular flexibility index (Phi) is 3.94. The summed E-state index contributed by atoms with van der Waals surface area (Å²) in [6.07, 6.45) is 0. The van der Waals surface area contributed by atoms with E-state index in [2.05, 4.69) is 5.43 Å². The van der Waals surface area contributed by atoms with Gasteiger partial charge in [0.15, 0.2) is 0 Å². The number of rotatable bonds is 4. The highest BCUT2D eigenvalue weighted by molar-refractivity contribution is 5.73. The quantitative estimate of drug-likeness (QED) is 0.286. The minimum Gasteiger partial charge on any atom is -0.480 e. The van der Waals surface area contributed by atoms with Gasteiger partial charge in [0.25, 0.3) is 0 Å². The molecule has 60 valence electrons. The lowest BCUT2D eigenvalue weighted by Crippen LogP contribution is -2.47. The van der Waals surface area contributed by atoms with Crippen LogP contribution in [0.3, 0.4) is 0 Å². The Hall–Kier alpha value is -0.650. The summed E-state index contributed by atoms with van der Waals surface area (Å²) in [6.45, 7) is 2.03. The molecule has 2 unspecified atom stereocenters. The van der Waals surface area contributed by atoms with Gasteiger partial charge in [0, 0.05) is 0 Å². The molecule has 0 heterocycles. The van der Waals surface area contributed by atoms with E-state index in [-0.39, 0.29) is 5.92 Å². The lowest BCUT2D eigenvalue weighted by molar-refractivity contribution is -0.140. The first-order valence-electron chi connectivity index (χ1n) is 3.02. The number of nitrogens with one attached hydrogen (secondary N) is 1. The molecular formula is C5H13N3O2. The summed E-state index contributed by atoms with van der Waals surface area (Å²) in [4.78, 5) is 10.3. The van der Waals surface area contributed by atoms with Gasteiger partial charge in [-0.3, -0.25) is 10.6 Å². The fraction of sp³-hybridized carbons (Fsp3) is 0.800. The van der Waals surface area contributed by atoms with Gasteiger partial charge in [-0.15, -0.1) is 0 Å². The van der Waals surface area contributed by atoms with Gasteiger partial charge in [0.05, 0.1) is 0 Å². The lowest BCUT2D eigenvalue weighted by atomic mass is 10.0. The van der Waals surface area contributed by atoms with Crippen molar-refractivity contribution in [1.29, 1.82) is 0 Å². The van der Waals surface area contributed by atoms with Gasteiger partial charge in [-0.25, -0.2) is 5.43 Å². The number of hydrogen-bond donors (Lipinski definition) is 4. The molecular weight excluding hydrogens is 134 g/mol. The van der Waals surface area contributed by atoms with E-state index in [9.17, 15) is 4.79 Å². The van der Waals surface area contributed by atoms with Crippen LogP contribution in [-0.2, 0) is 4.79 Å². The molecule has 0 aromatic heterocycles. The Bertz CT molecular complexity index is 117. The van der Waals surface area contributed by atoms with Crippen molar-refractivity contribution in [2.24, 2.45) is 17.5 Å². The van der Waals surface area contributed by atoms with Gasteiger partial charge in [-0.1, -0.05) is 6.92 Å². The molecule has 0 aliphatic carbocycles. The molecule has 0 spiro atoms. The summed E-state index contributed by atoms with van der Waals surface area (Å²) in [7, 11) is 0. The van der Waals surface area contributed by atoms with Crippen LogP contribution in [0.1, 0.15) is 6.92 Å². The summed E-state index contributed by atoms with van der Waals surface area (Å²) < 4.78 is 0. The SMILES string of the molecule is CC(CN)C(NN)C(=O)O. The Labute approximate surface area is 59.4 Å².